The van der Waals surface area contributed by atoms with E-state index in [9.17, 15) is 5.11 Å². The van der Waals surface area contributed by atoms with Crippen LogP contribution >= 0.6 is 11.3 Å². The molecule has 1 saturated heterocycles. The third-order valence-electron chi connectivity index (χ3n) is 5.17. The largest absolute Gasteiger partial charge is 0.465 e. The quantitative estimate of drug-likeness (QED) is 0.465. The maximum absolute atomic E-state index is 10.7. The smallest absolute Gasteiger partial charge is 0.191 e. The van der Waals surface area contributed by atoms with Crippen LogP contribution < -0.4 is 10.6 Å². The molecule has 3 N–H and O–H groups in total. The van der Waals surface area contributed by atoms with Crippen molar-refractivity contribution in [1.29, 1.82) is 0 Å². The van der Waals surface area contributed by atoms with Gasteiger partial charge in [-0.15, -0.1) is 0 Å². The summed E-state index contributed by atoms with van der Waals surface area (Å²) in [5, 5.41) is 21.4. The molecular formula is C21H32N4O2S. The van der Waals surface area contributed by atoms with Crippen molar-refractivity contribution in [2.24, 2.45) is 4.99 Å². The first kappa shape index (κ1) is 20.9. The zero-order valence-electron chi connectivity index (χ0n) is 17.1. The molecule has 0 saturated carbocycles. The molecule has 0 bridgehead atoms. The lowest BCUT2D eigenvalue weighted by molar-refractivity contribution is 0.0677. The Morgan fingerprint density at radius 1 is 1.32 bits per heavy atom. The van der Waals surface area contributed by atoms with Crippen LogP contribution in [0.25, 0.3) is 0 Å². The summed E-state index contributed by atoms with van der Waals surface area (Å²) in [4.78, 5) is 7.11. The number of likely N-dealkylation sites (tertiary alicyclic amines) is 1. The minimum Gasteiger partial charge on any atom is -0.465 e. The Bertz CT molecular complexity index is 748. The molecule has 1 aliphatic rings. The van der Waals surface area contributed by atoms with Crippen molar-refractivity contribution in [1.82, 2.24) is 15.5 Å². The van der Waals surface area contributed by atoms with Gasteiger partial charge in [-0.2, -0.15) is 11.3 Å². The SMILES string of the molecule is CCNC(=NCC(C)(O)c1ccsc1)NCC(c1ccc(C)o1)N1CCCC1. The van der Waals surface area contributed by atoms with Gasteiger partial charge in [0.2, 0.25) is 0 Å². The van der Waals surface area contributed by atoms with E-state index in [1.807, 2.05) is 36.7 Å². The molecule has 1 aliphatic heterocycles. The lowest BCUT2D eigenvalue weighted by Crippen LogP contribution is -2.43. The molecule has 28 heavy (non-hydrogen) atoms. The summed E-state index contributed by atoms with van der Waals surface area (Å²) < 4.78 is 5.93. The van der Waals surface area contributed by atoms with E-state index in [4.69, 9.17) is 4.42 Å². The van der Waals surface area contributed by atoms with Gasteiger partial charge in [-0.05, 0) is 81.2 Å². The highest BCUT2D eigenvalue weighted by molar-refractivity contribution is 7.08. The van der Waals surface area contributed by atoms with Crippen molar-refractivity contribution in [3.05, 3.63) is 46.0 Å². The van der Waals surface area contributed by atoms with Crippen LogP contribution in [-0.2, 0) is 5.60 Å². The number of aliphatic imine (C=N–C) groups is 1. The third kappa shape index (κ3) is 5.37. The topological polar surface area (TPSA) is 73.0 Å². The zero-order valence-corrected chi connectivity index (χ0v) is 17.9. The standard InChI is InChI=1S/C21H32N4O2S/c1-4-22-20(24-15-21(3,26)17-9-12-28-14-17)23-13-18(25-10-5-6-11-25)19-8-7-16(2)27-19/h7-9,12,14,18,26H,4-6,10-11,13,15H2,1-3H3,(H2,22,23,24). The number of hydrogen-bond acceptors (Lipinski definition) is 5. The third-order valence-corrected chi connectivity index (χ3v) is 5.85. The first-order valence-corrected chi connectivity index (χ1v) is 11.0. The average Bonchev–Trinajstić information content (AvgIpc) is 3.42. The van der Waals surface area contributed by atoms with E-state index < -0.39 is 5.60 Å². The fourth-order valence-electron chi connectivity index (χ4n) is 3.53. The van der Waals surface area contributed by atoms with Gasteiger partial charge in [0.1, 0.15) is 17.1 Å². The summed E-state index contributed by atoms with van der Waals surface area (Å²) in [6.07, 6.45) is 2.46. The van der Waals surface area contributed by atoms with Crippen LogP contribution in [-0.4, -0.2) is 48.7 Å². The van der Waals surface area contributed by atoms with Gasteiger partial charge >= 0.3 is 0 Å². The molecule has 0 amide bonds. The molecule has 2 unspecified atom stereocenters. The Morgan fingerprint density at radius 2 is 2.11 bits per heavy atom. The van der Waals surface area contributed by atoms with E-state index in [1.54, 1.807) is 18.3 Å². The van der Waals surface area contributed by atoms with E-state index in [0.29, 0.717) is 19.0 Å². The number of hydrogen-bond donors (Lipinski definition) is 3. The van der Waals surface area contributed by atoms with Gasteiger partial charge in [0.05, 0.1) is 12.6 Å². The van der Waals surface area contributed by atoms with Gasteiger partial charge in [-0.3, -0.25) is 4.90 Å². The van der Waals surface area contributed by atoms with Crippen LogP contribution in [0.15, 0.2) is 38.4 Å². The fraction of sp³-hybridized carbons (Fsp3) is 0.571. The number of nitrogens with one attached hydrogen (secondary N) is 2. The second kappa shape index (κ2) is 9.58. The molecule has 0 aromatic carbocycles. The summed E-state index contributed by atoms with van der Waals surface area (Å²) >= 11 is 1.58. The summed E-state index contributed by atoms with van der Waals surface area (Å²) in [6, 6.07) is 6.22. The average molecular weight is 405 g/mol. The highest BCUT2D eigenvalue weighted by Gasteiger charge is 2.27. The molecule has 0 radical (unpaired) electrons. The van der Waals surface area contributed by atoms with Crippen LogP contribution in [0.3, 0.4) is 0 Å². The van der Waals surface area contributed by atoms with E-state index in [2.05, 4.69) is 26.6 Å². The highest BCUT2D eigenvalue weighted by atomic mass is 32.1. The Hall–Kier alpha value is -1.83. The minimum absolute atomic E-state index is 0.178. The lowest BCUT2D eigenvalue weighted by Gasteiger charge is -2.27. The summed E-state index contributed by atoms with van der Waals surface area (Å²) in [5.74, 6) is 2.64. The Labute approximate surface area is 171 Å². The van der Waals surface area contributed by atoms with Crippen LogP contribution in [0.1, 0.15) is 49.8 Å². The summed E-state index contributed by atoms with van der Waals surface area (Å²) in [7, 11) is 0. The molecule has 3 rings (SSSR count). The Balaban J connectivity index is 1.68. The molecule has 0 spiro atoms. The first-order valence-electron chi connectivity index (χ1n) is 10.1. The monoisotopic (exact) mass is 404 g/mol. The normalized spacial score (nSPS) is 18.8. The Morgan fingerprint density at radius 3 is 2.71 bits per heavy atom. The van der Waals surface area contributed by atoms with Gasteiger partial charge in [0.25, 0.3) is 0 Å². The zero-order chi connectivity index (χ0) is 20.0. The molecule has 154 valence electrons. The van der Waals surface area contributed by atoms with E-state index >= 15 is 0 Å². The summed E-state index contributed by atoms with van der Waals surface area (Å²) in [6.45, 7) is 9.78. The molecule has 1 fully saturated rings. The van der Waals surface area contributed by atoms with Gasteiger partial charge in [0, 0.05) is 13.1 Å². The van der Waals surface area contributed by atoms with Crippen molar-refractivity contribution >= 4 is 17.3 Å². The number of aliphatic hydroxyl groups is 1. The van der Waals surface area contributed by atoms with Crippen LogP contribution in [0.4, 0.5) is 0 Å². The fourth-order valence-corrected chi connectivity index (χ4v) is 4.31. The van der Waals surface area contributed by atoms with E-state index in [0.717, 1.165) is 36.7 Å². The second-order valence-electron chi connectivity index (χ2n) is 7.57. The molecule has 3 heterocycles. The second-order valence-corrected chi connectivity index (χ2v) is 8.35. The number of rotatable bonds is 8. The van der Waals surface area contributed by atoms with Crippen LogP contribution in [0.2, 0.25) is 0 Å². The van der Waals surface area contributed by atoms with Crippen molar-refractivity contribution < 1.29 is 9.52 Å². The van der Waals surface area contributed by atoms with Gasteiger partial charge < -0.3 is 20.2 Å². The summed E-state index contributed by atoms with van der Waals surface area (Å²) in [5.41, 5.74) is -0.0763. The highest BCUT2D eigenvalue weighted by Crippen LogP contribution is 2.26. The maximum Gasteiger partial charge on any atom is 0.191 e. The molecular weight excluding hydrogens is 372 g/mol. The van der Waals surface area contributed by atoms with Gasteiger partial charge in [0.15, 0.2) is 5.96 Å². The molecule has 2 aromatic rings. The number of aryl methyl sites for hydroxylation is 1. The molecule has 7 heteroatoms. The molecule has 6 nitrogen and oxygen atoms in total. The van der Waals surface area contributed by atoms with Crippen molar-refractivity contribution in [3.8, 4) is 0 Å². The number of thiophene rings is 1. The van der Waals surface area contributed by atoms with Crippen LogP contribution in [0, 0.1) is 6.92 Å². The van der Waals surface area contributed by atoms with Crippen molar-refractivity contribution in [3.63, 3.8) is 0 Å². The predicted octanol–water partition coefficient (Wildman–Crippen LogP) is 3.25. The number of furan rings is 1. The minimum atomic E-state index is -0.977. The van der Waals surface area contributed by atoms with Gasteiger partial charge in [-0.25, -0.2) is 4.99 Å². The first-order chi connectivity index (χ1) is 13.5. The Kier molecular flexibility index (Phi) is 7.15. The van der Waals surface area contributed by atoms with Gasteiger partial charge in [-0.1, -0.05) is 0 Å². The number of guanidine groups is 1. The van der Waals surface area contributed by atoms with E-state index in [1.165, 1.54) is 12.8 Å². The van der Waals surface area contributed by atoms with Crippen LogP contribution in [0.5, 0.6) is 0 Å². The molecule has 2 aromatic heterocycles. The van der Waals surface area contributed by atoms with Crippen molar-refractivity contribution in [2.45, 2.75) is 45.3 Å². The van der Waals surface area contributed by atoms with Crippen molar-refractivity contribution in [2.75, 3.05) is 32.7 Å². The molecule has 2 atom stereocenters. The predicted molar refractivity (Wildman–Crippen MR) is 115 cm³/mol. The molecule has 0 aliphatic carbocycles. The maximum atomic E-state index is 10.7. The number of nitrogens with zero attached hydrogens (tertiary/aromatic N) is 2. The lowest BCUT2D eigenvalue weighted by atomic mass is 10.00. The van der Waals surface area contributed by atoms with E-state index in [-0.39, 0.29) is 6.04 Å².